The minimum atomic E-state index is -0.567. The van der Waals surface area contributed by atoms with Crippen LogP contribution in [0.15, 0.2) is 34.8 Å². The maximum absolute atomic E-state index is 11.3. The molecule has 0 atom stereocenters. The summed E-state index contributed by atoms with van der Waals surface area (Å²) in [5.74, 6) is 0.922. The van der Waals surface area contributed by atoms with E-state index in [1.54, 1.807) is 24.3 Å². The van der Waals surface area contributed by atoms with E-state index in [1.807, 2.05) is 13.0 Å². The lowest BCUT2D eigenvalue weighted by molar-refractivity contribution is 0.108. The van der Waals surface area contributed by atoms with Gasteiger partial charge in [-0.15, -0.1) is 0 Å². The van der Waals surface area contributed by atoms with Crippen molar-refractivity contribution in [3.63, 3.8) is 0 Å². The van der Waals surface area contributed by atoms with Crippen molar-refractivity contribution in [1.29, 1.82) is 0 Å². The predicted octanol–water partition coefficient (Wildman–Crippen LogP) is 6.11. The summed E-state index contributed by atoms with van der Waals surface area (Å²) >= 11 is 20.8. The molecule has 0 spiro atoms. The topological polar surface area (TPSA) is 35.5 Å². The van der Waals surface area contributed by atoms with E-state index >= 15 is 0 Å². The van der Waals surface area contributed by atoms with Gasteiger partial charge in [-0.1, -0.05) is 29.3 Å². The van der Waals surface area contributed by atoms with Crippen molar-refractivity contribution in [3.05, 3.63) is 56.0 Å². The Morgan fingerprint density at radius 3 is 2.48 bits per heavy atom. The highest BCUT2D eigenvalue weighted by atomic mass is 79.9. The fourth-order valence-corrected chi connectivity index (χ4v) is 2.86. The maximum atomic E-state index is 11.3. The fourth-order valence-electron chi connectivity index (χ4n) is 1.87. The molecule has 122 valence electrons. The number of carbonyl (C=O) groups excluding carboxylic acids is 1. The van der Waals surface area contributed by atoms with E-state index in [0.29, 0.717) is 38.2 Å². The molecule has 0 saturated carbocycles. The lowest BCUT2D eigenvalue weighted by Gasteiger charge is -2.15. The molecule has 2 rings (SSSR count). The molecule has 7 heteroatoms. The van der Waals surface area contributed by atoms with Gasteiger partial charge in [0.05, 0.1) is 21.1 Å². The summed E-state index contributed by atoms with van der Waals surface area (Å²) in [6, 6.07) is 8.39. The molecule has 3 nitrogen and oxygen atoms in total. The zero-order chi connectivity index (χ0) is 17.0. The molecular formula is C16H12BrCl3O3. The number of ether oxygens (including phenoxy) is 2. The third-order valence-electron chi connectivity index (χ3n) is 2.90. The summed E-state index contributed by atoms with van der Waals surface area (Å²) in [6.45, 7) is 2.53. The Labute approximate surface area is 157 Å². The van der Waals surface area contributed by atoms with Crippen LogP contribution in [0.2, 0.25) is 10.0 Å². The first-order valence-corrected chi connectivity index (χ1v) is 8.58. The molecule has 0 heterocycles. The van der Waals surface area contributed by atoms with Crippen LogP contribution in [0, 0.1) is 0 Å². The van der Waals surface area contributed by atoms with Crippen LogP contribution in [0.25, 0.3) is 0 Å². The summed E-state index contributed by atoms with van der Waals surface area (Å²) in [6.07, 6.45) is 0. The van der Waals surface area contributed by atoms with Gasteiger partial charge in [-0.25, -0.2) is 0 Å². The van der Waals surface area contributed by atoms with Crippen LogP contribution >= 0.6 is 50.7 Å². The van der Waals surface area contributed by atoms with Crippen LogP contribution in [-0.2, 0) is 6.61 Å². The molecule has 23 heavy (non-hydrogen) atoms. The minimum Gasteiger partial charge on any atom is -0.490 e. The normalized spacial score (nSPS) is 10.5. The first kappa shape index (κ1) is 18.4. The van der Waals surface area contributed by atoms with Gasteiger partial charge in [0.1, 0.15) is 6.61 Å². The molecule has 0 radical (unpaired) electrons. The highest BCUT2D eigenvalue weighted by molar-refractivity contribution is 9.10. The largest absolute Gasteiger partial charge is 0.490 e. The van der Waals surface area contributed by atoms with Crippen molar-refractivity contribution in [2.45, 2.75) is 13.5 Å². The molecule has 2 aromatic carbocycles. The molecule has 0 amide bonds. The molecule has 0 fully saturated rings. The molecule has 0 unspecified atom stereocenters. The number of halogens is 4. The van der Waals surface area contributed by atoms with Gasteiger partial charge in [-0.05, 0) is 64.3 Å². The van der Waals surface area contributed by atoms with Gasteiger partial charge < -0.3 is 9.47 Å². The van der Waals surface area contributed by atoms with Crippen LogP contribution in [-0.4, -0.2) is 11.8 Å². The summed E-state index contributed by atoms with van der Waals surface area (Å²) in [4.78, 5) is 11.3. The zero-order valence-corrected chi connectivity index (χ0v) is 15.9. The van der Waals surface area contributed by atoms with Gasteiger partial charge in [0.2, 0.25) is 0 Å². The highest BCUT2D eigenvalue weighted by Crippen LogP contribution is 2.38. The van der Waals surface area contributed by atoms with Gasteiger partial charge >= 0.3 is 0 Å². The fraction of sp³-hybridized carbons (Fsp3) is 0.188. The quantitative estimate of drug-likeness (QED) is 0.510. The van der Waals surface area contributed by atoms with E-state index < -0.39 is 5.24 Å². The van der Waals surface area contributed by atoms with Crippen LogP contribution in [0.5, 0.6) is 11.5 Å². The Balaban J connectivity index is 2.27. The minimum absolute atomic E-state index is 0.268. The monoisotopic (exact) mass is 436 g/mol. The molecule has 0 aromatic heterocycles. The van der Waals surface area contributed by atoms with Gasteiger partial charge in [0.25, 0.3) is 5.24 Å². The van der Waals surface area contributed by atoms with Crippen molar-refractivity contribution >= 4 is 56.0 Å². The zero-order valence-electron chi connectivity index (χ0n) is 12.0. The van der Waals surface area contributed by atoms with E-state index in [0.717, 1.165) is 5.56 Å². The molecule has 0 N–H and O–H groups in total. The van der Waals surface area contributed by atoms with Gasteiger partial charge in [0, 0.05) is 5.56 Å². The summed E-state index contributed by atoms with van der Waals surface area (Å²) in [5.41, 5.74) is 1.18. The molecular weight excluding hydrogens is 426 g/mol. The molecule has 0 aliphatic heterocycles. The molecule has 2 aromatic rings. The van der Waals surface area contributed by atoms with E-state index in [4.69, 9.17) is 44.3 Å². The van der Waals surface area contributed by atoms with Crippen molar-refractivity contribution in [1.82, 2.24) is 0 Å². The second-order valence-electron chi connectivity index (χ2n) is 4.53. The average Bonchev–Trinajstić information content (AvgIpc) is 2.49. The van der Waals surface area contributed by atoms with Gasteiger partial charge in [-0.2, -0.15) is 0 Å². The second kappa shape index (κ2) is 8.25. The smallest absolute Gasteiger partial charge is 0.252 e. The van der Waals surface area contributed by atoms with Crippen molar-refractivity contribution in [3.8, 4) is 11.5 Å². The molecule has 0 aliphatic rings. The molecule has 0 saturated heterocycles. The molecule has 0 bridgehead atoms. The predicted molar refractivity (Wildman–Crippen MR) is 96.3 cm³/mol. The van der Waals surface area contributed by atoms with E-state index in [9.17, 15) is 4.79 Å². The Kier molecular flexibility index (Phi) is 6.60. The summed E-state index contributed by atoms with van der Waals surface area (Å²) in [7, 11) is 0. The Morgan fingerprint density at radius 1 is 1.13 bits per heavy atom. The number of hydrogen-bond donors (Lipinski definition) is 0. The SMILES string of the molecule is CCOc1cc(C(=O)Cl)cc(Br)c1OCc1ccc(Cl)c(Cl)c1. The maximum Gasteiger partial charge on any atom is 0.252 e. The highest BCUT2D eigenvalue weighted by Gasteiger charge is 2.15. The van der Waals surface area contributed by atoms with Crippen molar-refractivity contribution in [2.75, 3.05) is 6.61 Å². The first-order chi connectivity index (χ1) is 10.9. The second-order valence-corrected chi connectivity index (χ2v) is 6.54. The van der Waals surface area contributed by atoms with E-state index in [1.165, 1.54) is 0 Å². The Bertz CT molecular complexity index is 735. The number of hydrogen-bond acceptors (Lipinski definition) is 3. The number of rotatable bonds is 6. The standard InChI is InChI=1S/C16H12BrCl3O3/c1-2-22-14-7-10(16(20)21)6-11(17)15(14)23-8-9-3-4-12(18)13(19)5-9/h3-7H,2,8H2,1H3. The average molecular weight is 439 g/mol. The first-order valence-electron chi connectivity index (χ1n) is 6.65. The summed E-state index contributed by atoms with van der Waals surface area (Å²) < 4.78 is 11.9. The van der Waals surface area contributed by atoms with Gasteiger partial charge in [0.15, 0.2) is 11.5 Å². The van der Waals surface area contributed by atoms with Crippen molar-refractivity contribution in [2.24, 2.45) is 0 Å². The Morgan fingerprint density at radius 2 is 1.87 bits per heavy atom. The van der Waals surface area contributed by atoms with Crippen LogP contribution in [0.4, 0.5) is 0 Å². The molecule has 0 aliphatic carbocycles. The third kappa shape index (κ3) is 4.77. The lowest BCUT2D eigenvalue weighted by Crippen LogP contribution is -2.02. The van der Waals surface area contributed by atoms with Crippen LogP contribution in [0.1, 0.15) is 22.8 Å². The Hall–Kier alpha value is -0.940. The third-order valence-corrected chi connectivity index (χ3v) is 4.45. The number of carbonyl (C=O) groups is 1. The number of benzene rings is 2. The van der Waals surface area contributed by atoms with E-state index in [-0.39, 0.29) is 6.61 Å². The van der Waals surface area contributed by atoms with E-state index in [2.05, 4.69) is 15.9 Å². The van der Waals surface area contributed by atoms with Crippen molar-refractivity contribution < 1.29 is 14.3 Å². The lowest BCUT2D eigenvalue weighted by atomic mass is 10.2. The van der Waals surface area contributed by atoms with Crippen LogP contribution in [0.3, 0.4) is 0 Å². The summed E-state index contributed by atoms with van der Waals surface area (Å²) in [5, 5.41) is 0.374. The van der Waals surface area contributed by atoms with Gasteiger partial charge in [-0.3, -0.25) is 4.79 Å². The van der Waals surface area contributed by atoms with Crippen LogP contribution < -0.4 is 9.47 Å².